The molecule has 1 aromatic carbocycles. The van der Waals surface area contributed by atoms with Crippen LogP contribution in [0.1, 0.15) is 32.3 Å². The highest BCUT2D eigenvalue weighted by molar-refractivity contribution is 5.17. The second-order valence-electron chi connectivity index (χ2n) is 5.40. The molecule has 1 rings (SSSR count). The molecule has 2 nitrogen and oxygen atoms in total. The standard InChI is InChI=1S/C15H24FNO/c1-15(2,18-3)9-8-12(11-17)10-13-6-4-5-7-14(13)16/h4-7,12H,8-11,17H2,1-3H3. The predicted octanol–water partition coefficient (Wildman–Crippen LogP) is 3.15. The maximum atomic E-state index is 13.6. The predicted molar refractivity (Wildman–Crippen MR) is 73.0 cm³/mol. The molecular weight excluding hydrogens is 229 g/mol. The third-order valence-electron chi connectivity index (χ3n) is 3.51. The number of benzene rings is 1. The number of rotatable bonds is 7. The highest BCUT2D eigenvalue weighted by atomic mass is 19.1. The van der Waals surface area contributed by atoms with Crippen LogP contribution in [0, 0.1) is 11.7 Å². The maximum absolute atomic E-state index is 13.6. The van der Waals surface area contributed by atoms with Gasteiger partial charge in [-0.2, -0.15) is 0 Å². The molecule has 2 N–H and O–H groups in total. The zero-order valence-corrected chi connectivity index (χ0v) is 11.6. The summed E-state index contributed by atoms with van der Waals surface area (Å²) in [6.45, 7) is 4.70. The van der Waals surface area contributed by atoms with Crippen LogP contribution in [0.4, 0.5) is 4.39 Å². The van der Waals surface area contributed by atoms with Gasteiger partial charge in [-0.1, -0.05) is 18.2 Å². The van der Waals surface area contributed by atoms with E-state index in [1.165, 1.54) is 6.07 Å². The zero-order chi connectivity index (χ0) is 13.6. The van der Waals surface area contributed by atoms with Crippen molar-refractivity contribution in [2.45, 2.75) is 38.7 Å². The molecule has 0 spiro atoms. The van der Waals surface area contributed by atoms with E-state index >= 15 is 0 Å². The second kappa shape index (κ2) is 6.86. The van der Waals surface area contributed by atoms with Gasteiger partial charge in [0.2, 0.25) is 0 Å². The minimum absolute atomic E-state index is 0.136. The normalized spacial score (nSPS) is 13.6. The highest BCUT2D eigenvalue weighted by Crippen LogP contribution is 2.22. The molecule has 0 fully saturated rings. The smallest absolute Gasteiger partial charge is 0.126 e. The fourth-order valence-electron chi connectivity index (χ4n) is 1.93. The molecule has 0 heterocycles. The first-order valence-corrected chi connectivity index (χ1v) is 6.47. The van der Waals surface area contributed by atoms with Crippen molar-refractivity contribution in [1.82, 2.24) is 0 Å². The lowest BCUT2D eigenvalue weighted by Gasteiger charge is -2.25. The summed E-state index contributed by atoms with van der Waals surface area (Å²) in [6, 6.07) is 6.91. The number of hydrogen-bond donors (Lipinski definition) is 1. The molecule has 0 aliphatic heterocycles. The van der Waals surface area contributed by atoms with Crippen molar-refractivity contribution in [3.05, 3.63) is 35.6 Å². The summed E-state index contributed by atoms with van der Waals surface area (Å²) in [6.07, 6.45) is 2.58. The summed E-state index contributed by atoms with van der Waals surface area (Å²) in [5.74, 6) is 0.165. The van der Waals surface area contributed by atoms with E-state index in [0.29, 0.717) is 18.9 Å². The van der Waals surface area contributed by atoms with Gasteiger partial charge in [0.1, 0.15) is 5.82 Å². The third-order valence-corrected chi connectivity index (χ3v) is 3.51. The van der Waals surface area contributed by atoms with Crippen LogP contribution >= 0.6 is 0 Å². The molecule has 102 valence electrons. The highest BCUT2D eigenvalue weighted by Gasteiger charge is 2.19. The number of hydrogen-bond acceptors (Lipinski definition) is 2. The lowest BCUT2D eigenvalue weighted by Crippen LogP contribution is -2.26. The Labute approximate surface area is 109 Å². The molecule has 0 saturated carbocycles. The van der Waals surface area contributed by atoms with E-state index in [0.717, 1.165) is 18.4 Å². The monoisotopic (exact) mass is 253 g/mol. The van der Waals surface area contributed by atoms with Gasteiger partial charge in [0.05, 0.1) is 5.60 Å². The van der Waals surface area contributed by atoms with Crippen LogP contribution in [0.15, 0.2) is 24.3 Å². The molecule has 3 heteroatoms. The van der Waals surface area contributed by atoms with Crippen molar-refractivity contribution in [3.63, 3.8) is 0 Å². The lowest BCUT2D eigenvalue weighted by molar-refractivity contribution is 0.0106. The van der Waals surface area contributed by atoms with Crippen LogP contribution < -0.4 is 5.73 Å². The molecule has 0 bridgehead atoms. The van der Waals surface area contributed by atoms with Crippen LogP contribution in [0.25, 0.3) is 0 Å². The summed E-state index contributed by atoms with van der Waals surface area (Å²) in [5, 5.41) is 0. The Balaban J connectivity index is 2.55. The van der Waals surface area contributed by atoms with E-state index in [4.69, 9.17) is 10.5 Å². The molecule has 0 aliphatic rings. The van der Waals surface area contributed by atoms with Gasteiger partial charge in [-0.05, 0) is 57.2 Å². The molecule has 0 radical (unpaired) electrons. The molecule has 0 saturated heterocycles. The van der Waals surface area contributed by atoms with E-state index in [-0.39, 0.29) is 11.4 Å². The summed E-state index contributed by atoms with van der Waals surface area (Å²) in [7, 11) is 1.72. The molecule has 1 unspecified atom stereocenters. The summed E-state index contributed by atoms with van der Waals surface area (Å²) in [4.78, 5) is 0. The average Bonchev–Trinajstić information content (AvgIpc) is 2.36. The van der Waals surface area contributed by atoms with Gasteiger partial charge in [-0.25, -0.2) is 4.39 Å². The van der Waals surface area contributed by atoms with Crippen molar-refractivity contribution < 1.29 is 9.13 Å². The minimum Gasteiger partial charge on any atom is -0.379 e. The third kappa shape index (κ3) is 4.75. The van der Waals surface area contributed by atoms with Crippen molar-refractivity contribution in [2.24, 2.45) is 11.7 Å². The topological polar surface area (TPSA) is 35.2 Å². The molecule has 1 aromatic rings. The molecule has 18 heavy (non-hydrogen) atoms. The average molecular weight is 253 g/mol. The second-order valence-corrected chi connectivity index (χ2v) is 5.40. The Bertz CT molecular complexity index is 365. The van der Waals surface area contributed by atoms with Crippen molar-refractivity contribution in [2.75, 3.05) is 13.7 Å². The van der Waals surface area contributed by atoms with Crippen LogP contribution in [0.2, 0.25) is 0 Å². The van der Waals surface area contributed by atoms with Crippen molar-refractivity contribution >= 4 is 0 Å². The van der Waals surface area contributed by atoms with Crippen LogP contribution in [0.3, 0.4) is 0 Å². The van der Waals surface area contributed by atoms with Gasteiger partial charge in [0, 0.05) is 7.11 Å². The van der Waals surface area contributed by atoms with E-state index < -0.39 is 0 Å². The summed E-state index contributed by atoms with van der Waals surface area (Å²) in [5.41, 5.74) is 6.39. The first-order valence-electron chi connectivity index (χ1n) is 6.47. The SMILES string of the molecule is COC(C)(C)CCC(CN)Cc1ccccc1F. The van der Waals surface area contributed by atoms with Gasteiger partial charge >= 0.3 is 0 Å². The van der Waals surface area contributed by atoms with Crippen LogP contribution in [-0.4, -0.2) is 19.3 Å². The van der Waals surface area contributed by atoms with Gasteiger partial charge in [-0.15, -0.1) is 0 Å². The van der Waals surface area contributed by atoms with E-state index in [2.05, 4.69) is 13.8 Å². The van der Waals surface area contributed by atoms with Gasteiger partial charge in [-0.3, -0.25) is 0 Å². The van der Waals surface area contributed by atoms with E-state index in [9.17, 15) is 4.39 Å². The largest absolute Gasteiger partial charge is 0.379 e. The Morgan fingerprint density at radius 1 is 1.33 bits per heavy atom. The Morgan fingerprint density at radius 3 is 2.56 bits per heavy atom. The van der Waals surface area contributed by atoms with Gasteiger partial charge in [0.25, 0.3) is 0 Å². The minimum atomic E-state index is -0.137. The first kappa shape index (κ1) is 15.1. The summed E-state index contributed by atoms with van der Waals surface area (Å²) >= 11 is 0. The van der Waals surface area contributed by atoms with Crippen LogP contribution in [0.5, 0.6) is 0 Å². The zero-order valence-electron chi connectivity index (χ0n) is 11.6. The maximum Gasteiger partial charge on any atom is 0.126 e. The molecular formula is C15H24FNO. The van der Waals surface area contributed by atoms with E-state index in [1.54, 1.807) is 13.2 Å². The molecule has 1 atom stereocenters. The summed E-state index contributed by atoms with van der Waals surface area (Å²) < 4.78 is 19.0. The Morgan fingerprint density at radius 2 is 2.00 bits per heavy atom. The fraction of sp³-hybridized carbons (Fsp3) is 0.600. The van der Waals surface area contributed by atoms with Gasteiger partial charge < -0.3 is 10.5 Å². The van der Waals surface area contributed by atoms with Crippen LogP contribution in [-0.2, 0) is 11.2 Å². The fourth-order valence-corrected chi connectivity index (χ4v) is 1.93. The lowest BCUT2D eigenvalue weighted by atomic mass is 9.90. The Hall–Kier alpha value is -0.930. The Kier molecular flexibility index (Phi) is 5.76. The van der Waals surface area contributed by atoms with Crippen molar-refractivity contribution in [3.8, 4) is 0 Å². The number of methoxy groups -OCH3 is 1. The van der Waals surface area contributed by atoms with Gasteiger partial charge in [0.15, 0.2) is 0 Å². The van der Waals surface area contributed by atoms with E-state index in [1.807, 2.05) is 12.1 Å². The molecule has 0 aromatic heterocycles. The molecule has 0 amide bonds. The number of halogens is 1. The number of nitrogens with two attached hydrogens (primary N) is 1. The first-order chi connectivity index (χ1) is 8.48. The number of ether oxygens (including phenoxy) is 1. The molecule has 0 aliphatic carbocycles. The van der Waals surface area contributed by atoms with Crippen molar-refractivity contribution in [1.29, 1.82) is 0 Å². The quantitative estimate of drug-likeness (QED) is 0.810.